The number of hydrogen-bond acceptors (Lipinski definition) is 4. The lowest BCUT2D eigenvalue weighted by Crippen LogP contribution is -2.01. The molecule has 0 saturated carbocycles. The average Bonchev–Trinajstić information content (AvgIpc) is 3.03. The summed E-state index contributed by atoms with van der Waals surface area (Å²) in [6.07, 6.45) is 3.18. The Morgan fingerprint density at radius 3 is 2.65 bits per heavy atom. The van der Waals surface area contributed by atoms with Crippen LogP contribution in [0, 0.1) is 5.82 Å². The maximum atomic E-state index is 13.8. The number of rotatable bonds is 7. The van der Waals surface area contributed by atoms with Crippen LogP contribution in [0.2, 0.25) is 5.02 Å². The van der Waals surface area contributed by atoms with E-state index in [-0.39, 0.29) is 5.82 Å². The zero-order valence-corrected chi connectivity index (χ0v) is 15.8. The average molecular weight is 389 g/mol. The van der Waals surface area contributed by atoms with Crippen molar-refractivity contribution in [2.45, 2.75) is 30.7 Å². The van der Waals surface area contributed by atoms with Gasteiger partial charge in [-0.1, -0.05) is 60.6 Å². The molecule has 0 aliphatic rings. The number of halogens is 2. The number of thioether (sulfide) groups is 1. The Bertz CT molecular complexity index is 893. The molecule has 0 N–H and O–H groups in total. The number of benzene rings is 2. The smallest absolute Gasteiger partial charge is 0.206 e. The Labute approximate surface area is 161 Å². The zero-order valence-electron chi connectivity index (χ0n) is 14.3. The predicted molar refractivity (Wildman–Crippen MR) is 104 cm³/mol. The van der Waals surface area contributed by atoms with Gasteiger partial charge < -0.3 is 0 Å². The quantitative estimate of drug-likeness (QED) is 0.413. The van der Waals surface area contributed by atoms with E-state index < -0.39 is 0 Å². The van der Waals surface area contributed by atoms with E-state index in [1.165, 1.54) is 24.0 Å². The first-order chi connectivity index (χ1) is 12.7. The molecular formula is C19H18ClFN4S. The molecule has 3 aromatic rings. The van der Waals surface area contributed by atoms with Crippen molar-refractivity contribution in [1.29, 1.82) is 0 Å². The van der Waals surface area contributed by atoms with E-state index in [9.17, 15) is 4.39 Å². The fraction of sp³-hybridized carbons (Fsp3) is 0.211. The van der Waals surface area contributed by atoms with E-state index in [0.29, 0.717) is 15.7 Å². The Kier molecular flexibility index (Phi) is 6.41. The second-order valence-corrected chi connectivity index (χ2v) is 7.02. The highest BCUT2D eigenvalue weighted by atomic mass is 35.5. The van der Waals surface area contributed by atoms with Crippen LogP contribution in [0.5, 0.6) is 0 Å². The summed E-state index contributed by atoms with van der Waals surface area (Å²) in [4.78, 5) is 0. The molecule has 134 valence electrons. The number of aromatic nitrogens is 3. The highest BCUT2D eigenvalue weighted by Gasteiger charge is 2.12. The second kappa shape index (κ2) is 8.96. The molecule has 0 spiro atoms. The largest absolute Gasteiger partial charge is 0.212 e. The van der Waals surface area contributed by atoms with Gasteiger partial charge in [-0.3, -0.25) is 0 Å². The molecule has 2 aromatic carbocycles. The van der Waals surface area contributed by atoms with Gasteiger partial charge in [0, 0.05) is 22.8 Å². The van der Waals surface area contributed by atoms with Crippen LogP contribution in [0.25, 0.3) is 0 Å². The molecule has 0 bridgehead atoms. The molecule has 7 heteroatoms. The van der Waals surface area contributed by atoms with E-state index in [1.807, 2.05) is 24.3 Å². The molecule has 4 nitrogen and oxygen atoms in total. The topological polar surface area (TPSA) is 43.1 Å². The van der Waals surface area contributed by atoms with Crippen LogP contribution in [0.3, 0.4) is 0 Å². The first-order valence-corrected chi connectivity index (χ1v) is 9.64. The molecule has 3 rings (SSSR count). The molecular weight excluding hydrogens is 371 g/mol. The van der Waals surface area contributed by atoms with Crippen LogP contribution in [0.4, 0.5) is 4.39 Å². The number of aryl methyl sites for hydroxylation is 1. The number of hydrogen-bond donors (Lipinski definition) is 0. The van der Waals surface area contributed by atoms with Crippen molar-refractivity contribution >= 4 is 29.6 Å². The standard InChI is InChI=1S/C19H18ClFN4S/c1-2-5-18-23-24-19(26-13-14-8-10-16(20)11-9-14)25(18)22-12-15-6-3-4-7-17(15)21/h3-4,6-12H,2,5,13H2,1H3/b22-12-. The molecule has 1 heterocycles. The summed E-state index contributed by atoms with van der Waals surface area (Å²) in [6.45, 7) is 2.07. The summed E-state index contributed by atoms with van der Waals surface area (Å²) in [5, 5.41) is 14.3. The Hall–Kier alpha value is -2.18. The predicted octanol–water partition coefficient (Wildman–Crippen LogP) is 5.20. The van der Waals surface area contributed by atoms with Gasteiger partial charge in [0.15, 0.2) is 5.82 Å². The van der Waals surface area contributed by atoms with E-state index >= 15 is 0 Å². The van der Waals surface area contributed by atoms with Gasteiger partial charge in [-0.05, 0) is 30.2 Å². The van der Waals surface area contributed by atoms with Crippen molar-refractivity contribution in [3.05, 3.63) is 76.3 Å². The van der Waals surface area contributed by atoms with Gasteiger partial charge in [-0.15, -0.1) is 10.2 Å². The maximum absolute atomic E-state index is 13.8. The monoisotopic (exact) mass is 388 g/mol. The van der Waals surface area contributed by atoms with Crippen LogP contribution in [-0.2, 0) is 12.2 Å². The van der Waals surface area contributed by atoms with Crippen LogP contribution in [-0.4, -0.2) is 21.1 Å². The minimum atomic E-state index is -0.309. The molecule has 0 atom stereocenters. The zero-order chi connectivity index (χ0) is 18.4. The molecule has 0 amide bonds. The second-order valence-electron chi connectivity index (χ2n) is 5.64. The minimum Gasteiger partial charge on any atom is -0.206 e. The summed E-state index contributed by atoms with van der Waals surface area (Å²) in [7, 11) is 0. The normalized spacial score (nSPS) is 11.3. The van der Waals surface area contributed by atoms with Crippen LogP contribution < -0.4 is 0 Å². The van der Waals surface area contributed by atoms with E-state index in [0.717, 1.165) is 30.0 Å². The Balaban J connectivity index is 1.81. The fourth-order valence-electron chi connectivity index (χ4n) is 2.31. The first kappa shape index (κ1) is 18.6. The van der Waals surface area contributed by atoms with E-state index in [1.54, 1.807) is 22.9 Å². The van der Waals surface area contributed by atoms with Crippen LogP contribution in [0.15, 0.2) is 58.8 Å². The van der Waals surface area contributed by atoms with Gasteiger partial charge in [0.1, 0.15) is 5.82 Å². The fourth-order valence-corrected chi connectivity index (χ4v) is 3.30. The lowest BCUT2D eigenvalue weighted by atomic mass is 10.2. The van der Waals surface area contributed by atoms with E-state index in [2.05, 4.69) is 22.2 Å². The van der Waals surface area contributed by atoms with Gasteiger partial charge in [-0.25, -0.2) is 4.39 Å². The third kappa shape index (κ3) is 4.71. The Morgan fingerprint density at radius 2 is 1.92 bits per heavy atom. The summed E-state index contributed by atoms with van der Waals surface area (Å²) in [5.41, 5.74) is 1.56. The minimum absolute atomic E-state index is 0.309. The maximum Gasteiger partial charge on any atom is 0.212 e. The molecule has 0 radical (unpaired) electrons. The molecule has 1 aromatic heterocycles. The number of nitrogens with zero attached hydrogens (tertiary/aromatic N) is 4. The van der Waals surface area contributed by atoms with Crippen molar-refractivity contribution < 1.29 is 4.39 Å². The van der Waals surface area contributed by atoms with Crippen LogP contribution in [0.1, 0.15) is 30.3 Å². The SMILES string of the molecule is CCCc1nnc(SCc2ccc(Cl)cc2)n1/N=C\c1ccccc1F. The van der Waals surface area contributed by atoms with Gasteiger partial charge in [-0.2, -0.15) is 9.78 Å². The molecule has 26 heavy (non-hydrogen) atoms. The summed E-state index contributed by atoms with van der Waals surface area (Å²) >= 11 is 7.45. The van der Waals surface area contributed by atoms with Crippen molar-refractivity contribution in [2.24, 2.45) is 5.10 Å². The third-order valence-electron chi connectivity index (χ3n) is 3.65. The molecule has 0 aliphatic carbocycles. The first-order valence-electron chi connectivity index (χ1n) is 8.27. The van der Waals surface area contributed by atoms with Crippen molar-refractivity contribution in [2.75, 3.05) is 0 Å². The van der Waals surface area contributed by atoms with Crippen LogP contribution >= 0.6 is 23.4 Å². The summed E-state index contributed by atoms with van der Waals surface area (Å²) < 4.78 is 15.5. The molecule has 0 saturated heterocycles. The van der Waals surface area contributed by atoms with Gasteiger partial charge in [0.2, 0.25) is 5.16 Å². The summed E-state index contributed by atoms with van der Waals surface area (Å²) in [5.74, 6) is 1.17. The summed E-state index contributed by atoms with van der Waals surface area (Å²) in [6, 6.07) is 14.2. The van der Waals surface area contributed by atoms with Gasteiger partial charge in [0.25, 0.3) is 0 Å². The lowest BCUT2D eigenvalue weighted by molar-refractivity contribution is 0.625. The van der Waals surface area contributed by atoms with Gasteiger partial charge >= 0.3 is 0 Å². The van der Waals surface area contributed by atoms with Gasteiger partial charge in [0.05, 0.1) is 6.21 Å². The van der Waals surface area contributed by atoms with Crippen molar-refractivity contribution in [1.82, 2.24) is 14.9 Å². The molecule has 0 fully saturated rings. The lowest BCUT2D eigenvalue weighted by Gasteiger charge is -2.04. The highest BCUT2D eigenvalue weighted by Crippen LogP contribution is 2.23. The van der Waals surface area contributed by atoms with E-state index in [4.69, 9.17) is 11.6 Å². The third-order valence-corrected chi connectivity index (χ3v) is 4.89. The molecule has 0 aliphatic heterocycles. The Morgan fingerprint density at radius 1 is 1.15 bits per heavy atom. The highest BCUT2D eigenvalue weighted by molar-refractivity contribution is 7.98. The van der Waals surface area contributed by atoms with Crippen molar-refractivity contribution in [3.63, 3.8) is 0 Å². The molecule has 0 unspecified atom stereocenters. The van der Waals surface area contributed by atoms with Crippen molar-refractivity contribution in [3.8, 4) is 0 Å².